The predicted molar refractivity (Wildman–Crippen MR) is 61.5 cm³/mol. The average Bonchev–Trinajstić information content (AvgIpc) is 2.51. The third-order valence-corrected chi connectivity index (χ3v) is 3.73. The number of fused-ring (bicyclic) bond motifs is 1. The Kier molecular flexibility index (Phi) is 2.51. The molecule has 1 heterocycles. The number of hydrogen-bond donors (Lipinski definition) is 1. The number of thiophene rings is 1. The Morgan fingerprint density at radius 3 is 2.93 bits per heavy atom. The molecule has 0 saturated carbocycles. The first-order valence-electron chi connectivity index (χ1n) is 3.69. The molecule has 1 aromatic carbocycles. The molecule has 72 valence electrons. The number of rotatable bonds is 1. The molecular formula is C9H4BrClO2S. The van der Waals surface area contributed by atoms with Crippen molar-refractivity contribution in [2.24, 2.45) is 0 Å². The van der Waals surface area contributed by atoms with Crippen molar-refractivity contribution in [1.29, 1.82) is 0 Å². The van der Waals surface area contributed by atoms with Gasteiger partial charge in [-0.1, -0.05) is 11.6 Å². The van der Waals surface area contributed by atoms with E-state index in [0.717, 1.165) is 5.39 Å². The summed E-state index contributed by atoms with van der Waals surface area (Å²) < 4.78 is 1.22. The lowest BCUT2D eigenvalue weighted by Crippen LogP contribution is -1.97. The molecule has 2 nitrogen and oxygen atoms in total. The van der Waals surface area contributed by atoms with Crippen molar-refractivity contribution in [3.8, 4) is 0 Å². The van der Waals surface area contributed by atoms with E-state index < -0.39 is 5.97 Å². The monoisotopic (exact) mass is 290 g/mol. The zero-order valence-electron chi connectivity index (χ0n) is 6.75. The minimum absolute atomic E-state index is 0.277. The molecule has 1 N–H and O–H groups in total. The van der Waals surface area contributed by atoms with Crippen LogP contribution in [0.2, 0.25) is 5.02 Å². The van der Waals surface area contributed by atoms with Gasteiger partial charge in [0.2, 0.25) is 0 Å². The van der Waals surface area contributed by atoms with Gasteiger partial charge < -0.3 is 5.11 Å². The summed E-state index contributed by atoms with van der Waals surface area (Å²) in [7, 11) is 0. The summed E-state index contributed by atoms with van der Waals surface area (Å²) >= 11 is 10.5. The molecule has 1 aromatic heterocycles. The topological polar surface area (TPSA) is 37.3 Å². The minimum Gasteiger partial charge on any atom is -0.478 e. The number of benzene rings is 1. The fourth-order valence-corrected chi connectivity index (χ4v) is 3.40. The van der Waals surface area contributed by atoms with E-state index in [2.05, 4.69) is 15.9 Å². The van der Waals surface area contributed by atoms with Crippen molar-refractivity contribution >= 4 is 54.9 Å². The van der Waals surface area contributed by atoms with Crippen molar-refractivity contribution in [2.75, 3.05) is 0 Å². The van der Waals surface area contributed by atoms with E-state index >= 15 is 0 Å². The van der Waals surface area contributed by atoms with Gasteiger partial charge >= 0.3 is 5.97 Å². The summed E-state index contributed by atoms with van der Waals surface area (Å²) in [6.45, 7) is 0. The lowest BCUT2D eigenvalue weighted by molar-refractivity contribution is 0.0698. The van der Waals surface area contributed by atoms with Crippen LogP contribution in [-0.4, -0.2) is 11.1 Å². The van der Waals surface area contributed by atoms with Crippen LogP contribution >= 0.6 is 38.9 Å². The van der Waals surface area contributed by atoms with Gasteiger partial charge in [0.1, 0.15) is 0 Å². The van der Waals surface area contributed by atoms with Gasteiger partial charge in [0.15, 0.2) is 0 Å². The fourth-order valence-electron chi connectivity index (χ4n) is 1.26. The van der Waals surface area contributed by atoms with E-state index in [1.54, 1.807) is 6.07 Å². The molecule has 5 heteroatoms. The quantitative estimate of drug-likeness (QED) is 0.862. The van der Waals surface area contributed by atoms with Crippen LogP contribution in [0.5, 0.6) is 0 Å². The summed E-state index contributed by atoms with van der Waals surface area (Å²) in [6.07, 6.45) is 0. The Labute approximate surface area is 97.2 Å². The second-order valence-corrected chi connectivity index (χ2v) is 4.86. The molecule has 14 heavy (non-hydrogen) atoms. The van der Waals surface area contributed by atoms with Gasteiger partial charge in [0, 0.05) is 9.86 Å². The summed E-state index contributed by atoms with van der Waals surface area (Å²) in [5.74, 6) is -0.944. The first kappa shape index (κ1) is 9.96. The smallest absolute Gasteiger partial charge is 0.338 e. The summed E-state index contributed by atoms with van der Waals surface area (Å²) in [6, 6.07) is 3.43. The standard InChI is InChI=1S/C9H4BrClO2S/c10-5-3-6(11)4-1-2-14-8(4)7(5)9(12)13/h1-3H,(H,12,13). The van der Waals surface area contributed by atoms with Crippen LogP contribution in [-0.2, 0) is 0 Å². The number of halogens is 2. The van der Waals surface area contributed by atoms with Crippen molar-refractivity contribution in [2.45, 2.75) is 0 Å². The van der Waals surface area contributed by atoms with E-state index in [4.69, 9.17) is 16.7 Å². The van der Waals surface area contributed by atoms with Gasteiger partial charge in [0.25, 0.3) is 0 Å². The Bertz CT molecular complexity index is 521. The molecule has 2 rings (SSSR count). The van der Waals surface area contributed by atoms with Crippen LogP contribution in [0.15, 0.2) is 22.0 Å². The Hall–Kier alpha value is -0.580. The first-order valence-corrected chi connectivity index (χ1v) is 5.75. The highest BCUT2D eigenvalue weighted by molar-refractivity contribution is 9.10. The molecule has 0 spiro atoms. The zero-order valence-corrected chi connectivity index (χ0v) is 9.91. The van der Waals surface area contributed by atoms with Crippen LogP contribution < -0.4 is 0 Å². The van der Waals surface area contributed by atoms with Gasteiger partial charge in [-0.3, -0.25) is 0 Å². The van der Waals surface area contributed by atoms with Crippen LogP contribution in [0.1, 0.15) is 10.4 Å². The molecule has 0 atom stereocenters. The lowest BCUT2D eigenvalue weighted by atomic mass is 10.2. The number of carboxylic acids is 1. The normalized spacial score (nSPS) is 10.7. The van der Waals surface area contributed by atoms with Gasteiger partial charge in [-0.15, -0.1) is 11.3 Å². The van der Waals surface area contributed by atoms with E-state index in [1.807, 2.05) is 11.4 Å². The molecule has 0 unspecified atom stereocenters. The summed E-state index contributed by atoms with van der Waals surface area (Å²) in [4.78, 5) is 11.0. The van der Waals surface area contributed by atoms with E-state index in [9.17, 15) is 4.79 Å². The molecule has 0 aliphatic carbocycles. The van der Waals surface area contributed by atoms with Crippen molar-refractivity contribution in [3.05, 3.63) is 32.6 Å². The highest BCUT2D eigenvalue weighted by Gasteiger charge is 2.16. The molecule has 0 bridgehead atoms. The van der Waals surface area contributed by atoms with Gasteiger partial charge in [-0.2, -0.15) is 0 Å². The predicted octanol–water partition coefficient (Wildman–Crippen LogP) is 4.02. The highest BCUT2D eigenvalue weighted by atomic mass is 79.9. The Balaban J connectivity index is 2.93. The molecule has 2 aromatic rings. The minimum atomic E-state index is -0.944. The maximum Gasteiger partial charge on any atom is 0.338 e. The molecular weight excluding hydrogens is 288 g/mol. The third kappa shape index (κ3) is 1.43. The van der Waals surface area contributed by atoms with Crippen molar-refractivity contribution in [3.63, 3.8) is 0 Å². The third-order valence-electron chi connectivity index (χ3n) is 1.86. The van der Waals surface area contributed by atoms with E-state index in [1.165, 1.54) is 11.3 Å². The number of aromatic carboxylic acids is 1. The largest absolute Gasteiger partial charge is 0.478 e. The van der Waals surface area contributed by atoms with Crippen LogP contribution in [0, 0.1) is 0 Å². The maximum atomic E-state index is 11.0. The summed E-state index contributed by atoms with van der Waals surface area (Å²) in [5.41, 5.74) is 0.277. The number of carbonyl (C=O) groups is 1. The molecule has 0 aliphatic rings. The molecule has 0 fully saturated rings. The maximum absolute atomic E-state index is 11.0. The second-order valence-electron chi connectivity index (χ2n) is 2.68. The van der Waals surface area contributed by atoms with E-state index in [0.29, 0.717) is 14.2 Å². The van der Waals surface area contributed by atoms with Crippen molar-refractivity contribution < 1.29 is 9.90 Å². The van der Waals surface area contributed by atoms with Gasteiger partial charge in [0.05, 0.1) is 15.3 Å². The van der Waals surface area contributed by atoms with Crippen LogP contribution in [0.4, 0.5) is 0 Å². The van der Waals surface area contributed by atoms with Crippen LogP contribution in [0.3, 0.4) is 0 Å². The lowest BCUT2D eigenvalue weighted by Gasteiger charge is -2.02. The number of carboxylic acid groups (broad SMARTS) is 1. The van der Waals surface area contributed by atoms with Gasteiger partial charge in [-0.05, 0) is 33.4 Å². The van der Waals surface area contributed by atoms with Crippen LogP contribution in [0.25, 0.3) is 10.1 Å². The SMILES string of the molecule is O=C(O)c1c(Br)cc(Cl)c2ccsc12. The Morgan fingerprint density at radius 1 is 1.57 bits per heavy atom. The van der Waals surface area contributed by atoms with E-state index in [-0.39, 0.29) is 5.56 Å². The van der Waals surface area contributed by atoms with Crippen molar-refractivity contribution in [1.82, 2.24) is 0 Å². The zero-order chi connectivity index (χ0) is 10.3. The molecule has 0 aliphatic heterocycles. The fraction of sp³-hybridized carbons (Fsp3) is 0. The molecule has 0 amide bonds. The van der Waals surface area contributed by atoms with Gasteiger partial charge in [-0.25, -0.2) is 4.79 Å². The molecule has 0 saturated heterocycles. The summed E-state index contributed by atoms with van der Waals surface area (Å²) in [5, 5.41) is 12.2. The number of hydrogen-bond acceptors (Lipinski definition) is 2. The second kappa shape index (κ2) is 3.53. The average molecular weight is 292 g/mol. The Morgan fingerprint density at radius 2 is 2.29 bits per heavy atom. The highest BCUT2D eigenvalue weighted by Crippen LogP contribution is 2.35. The molecule has 0 radical (unpaired) electrons. The first-order chi connectivity index (χ1) is 6.61.